The molecule has 0 amide bonds. The molecule has 6 nitrogen and oxygen atoms in total. The highest BCUT2D eigenvalue weighted by Crippen LogP contribution is 2.14. The lowest BCUT2D eigenvalue weighted by Gasteiger charge is -2.04. The highest BCUT2D eigenvalue weighted by Gasteiger charge is 2.10. The van der Waals surface area contributed by atoms with Gasteiger partial charge in [0, 0.05) is 18.9 Å². The summed E-state index contributed by atoms with van der Waals surface area (Å²) in [5.74, 6) is -1.01. The second kappa shape index (κ2) is 5.24. The highest BCUT2D eigenvalue weighted by atomic mass is 16.4. The van der Waals surface area contributed by atoms with Gasteiger partial charge in [0.2, 0.25) is 0 Å². The van der Waals surface area contributed by atoms with Crippen LogP contribution >= 0.6 is 0 Å². The Bertz CT molecular complexity index is 849. The quantitative estimate of drug-likeness (QED) is 0.762. The van der Waals surface area contributed by atoms with Crippen LogP contribution in [0.2, 0.25) is 0 Å². The number of imidazole rings is 1. The lowest BCUT2D eigenvalue weighted by molar-refractivity contribution is 0.0697. The highest BCUT2D eigenvalue weighted by molar-refractivity contribution is 5.92. The van der Waals surface area contributed by atoms with Crippen LogP contribution in [-0.4, -0.2) is 25.6 Å². The molecule has 0 unspecified atom stereocenters. The molecule has 3 aromatic rings. The summed E-state index contributed by atoms with van der Waals surface area (Å²) in [4.78, 5) is 29.7. The van der Waals surface area contributed by atoms with Crippen LogP contribution in [0.25, 0.3) is 11.0 Å². The summed E-state index contributed by atoms with van der Waals surface area (Å²) in [6, 6.07) is 8.39. The molecule has 0 aliphatic heterocycles. The molecule has 0 spiro atoms. The maximum Gasteiger partial charge on any atom is 0.335 e. The molecular formula is C15H13N3O3. The Morgan fingerprint density at radius 3 is 2.71 bits per heavy atom. The number of benzene rings is 1. The number of hydrogen-bond donors (Lipinski definition) is 2. The molecule has 0 bridgehead atoms. The molecule has 0 aliphatic rings. The minimum atomic E-state index is -1.01. The van der Waals surface area contributed by atoms with Gasteiger partial charge in [-0.3, -0.25) is 9.55 Å². The first kappa shape index (κ1) is 13.1. The Kier molecular flexibility index (Phi) is 3.27. The van der Waals surface area contributed by atoms with E-state index in [2.05, 4.69) is 9.97 Å². The first-order valence-electron chi connectivity index (χ1n) is 6.50. The van der Waals surface area contributed by atoms with Gasteiger partial charge in [-0.15, -0.1) is 0 Å². The summed E-state index contributed by atoms with van der Waals surface area (Å²) in [5, 5.41) is 9.05. The fraction of sp³-hybridized carbons (Fsp3) is 0.133. The van der Waals surface area contributed by atoms with Gasteiger partial charge in [-0.25, -0.2) is 9.59 Å². The van der Waals surface area contributed by atoms with Gasteiger partial charge >= 0.3 is 11.7 Å². The molecule has 3 rings (SSSR count). The standard InChI is InChI=1S/C15H13N3O3/c19-14(20)11-1-2-12-13(9-11)18(15(21)17-12)8-5-10-3-6-16-7-4-10/h1-4,6-7,9H,5,8H2,(H,17,21)(H,19,20). The predicted octanol–water partition coefficient (Wildman–Crippen LogP) is 1.67. The summed E-state index contributed by atoms with van der Waals surface area (Å²) in [7, 11) is 0. The molecule has 21 heavy (non-hydrogen) atoms. The normalized spacial score (nSPS) is 10.9. The molecule has 6 heteroatoms. The molecule has 0 radical (unpaired) electrons. The molecule has 106 valence electrons. The Balaban J connectivity index is 1.97. The van der Waals surface area contributed by atoms with Crippen molar-refractivity contribution in [3.63, 3.8) is 0 Å². The topological polar surface area (TPSA) is 88.0 Å². The van der Waals surface area contributed by atoms with Crippen molar-refractivity contribution in [2.24, 2.45) is 0 Å². The van der Waals surface area contributed by atoms with E-state index in [1.807, 2.05) is 12.1 Å². The van der Waals surface area contributed by atoms with Gasteiger partial charge < -0.3 is 10.1 Å². The number of carboxylic acids is 1. The lowest BCUT2D eigenvalue weighted by atomic mass is 10.2. The van der Waals surface area contributed by atoms with Crippen LogP contribution in [0.4, 0.5) is 0 Å². The largest absolute Gasteiger partial charge is 0.478 e. The van der Waals surface area contributed by atoms with Gasteiger partial charge in [-0.05, 0) is 42.3 Å². The third-order valence-electron chi connectivity index (χ3n) is 3.40. The first-order valence-corrected chi connectivity index (χ1v) is 6.50. The number of hydrogen-bond acceptors (Lipinski definition) is 3. The second-order valence-corrected chi connectivity index (χ2v) is 4.72. The van der Waals surface area contributed by atoms with Crippen LogP contribution in [0.1, 0.15) is 15.9 Å². The molecule has 0 fully saturated rings. The van der Waals surface area contributed by atoms with Crippen molar-refractivity contribution in [2.45, 2.75) is 13.0 Å². The van der Waals surface area contributed by atoms with E-state index in [1.165, 1.54) is 12.1 Å². The number of H-pyrrole nitrogens is 1. The second-order valence-electron chi connectivity index (χ2n) is 4.72. The van der Waals surface area contributed by atoms with Crippen LogP contribution < -0.4 is 5.69 Å². The Morgan fingerprint density at radius 1 is 1.24 bits per heavy atom. The minimum absolute atomic E-state index is 0.166. The molecule has 0 atom stereocenters. The first-order chi connectivity index (χ1) is 10.1. The van der Waals surface area contributed by atoms with E-state index >= 15 is 0 Å². The van der Waals surface area contributed by atoms with Crippen molar-refractivity contribution in [1.82, 2.24) is 14.5 Å². The molecule has 2 N–H and O–H groups in total. The molecule has 0 aliphatic carbocycles. The Hall–Kier alpha value is -2.89. The number of pyridine rings is 1. The number of aryl methyl sites for hydroxylation is 2. The van der Waals surface area contributed by atoms with E-state index in [9.17, 15) is 9.59 Å². The van der Waals surface area contributed by atoms with Gasteiger partial charge in [0.1, 0.15) is 0 Å². The van der Waals surface area contributed by atoms with Crippen molar-refractivity contribution in [3.05, 3.63) is 64.3 Å². The summed E-state index contributed by atoms with van der Waals surface area (Å²) < 4.78 is 1.56. The van der Waals surface area contributed by atoms with E-state index in [1.54, 1.807) is 23.0 Å². The number of nitrogens with one attached hydrogen (secondary N) is 1. The number of aromatic nitrogens is 3. The van der Waals surface area contributed by atoms with Crippen molar-refractivity contribution in [2.75, 3.05) is 0 Å². The van der Waals surface area contributed by atoms with Crippen molar-refractivity contribution < 1.29 is 9.90 Å². The summed E-state index contributed by atoms with van der Waals surface area (Å²) >= 11 is 0. The van der Waals surface area contributed by atoms with Crippen LogP contribution in [0, 0.1) is 0 Å². The number of rotatable bonds is 4. The summed E-state index contributed by atoms with van der Waals surface area (Å²) in [5.41, 5.74) is 2.25. The van der Waals surface area contributed by atoms with Crippen molar-refractivity contribution in [3.8, 4) is 0 Å². The predicted molar refractivity (Wildman–Crippen MR) is 77.5 cm³/mol. The molecule has 2 aromatic heterocycles. The number of carboxylic acid groups (broad SMARTS) is 1. The number of aromatic carboxylic acids is 1. The van der Waals surface area contributed by atoms with Crippen molar-refractivity contribution in [1.29, 1.82) is 0 Å². The molecule has 0 saturated heterocycles. The maximum atomic E-state index is 12.0. The van der Waals surface area contributed by atoms with E-state index in [4.69, 9.17) is 5.11 Å². The SMILES string of the molecule is O=C(O)c1ccc2[nH]c(=O)n(CCc3ccncc3)c2c1. The smallest absolute Gasteiger partial charge is 0.335 e. The van der Waals surface area contributed by atoms with Gasteiger partial charge in [-0.2, -0.15) is 0 Å². The Labute approximate surface area is 119 Å². The van der Waals surface area contributed by atoms with Gasteiger partial charge in [0.15, 0.2) is 0 Å². The van der Waals surface area contributed by atoms with Gasteiger partial charge in [-0.1, -0.05) is 0 Å². The van der Waals surface area contributed by atoms with Crippen LogP contribution in [0.3, 0.4) is 0 Å². The average Bonchev–Trinajstić information content (AvgIpc) is 2.80. The third kappa shape index (κ3) is 2.55. The number of nitrogens with zero attached hydrogens (tertiary/aromatic N) is 2. The van der Waals surface area contributed by atoms with Crippen LogP contribution in [0.15, 0.2) is 47.5 Å². The van der Waals surface area contributed by atoms with E-state index in [-0.39, 0.29) is 11.3 Å². The molecular weight excluding hydrogens is 270 g/mol. The van der Waals surface area contributed by atoms with E-state index in [0.29, 0.717) is 24.0 Å². The average molecular weight is 283 g/mol. The zero-order valence-electron chi connectivity index (χ0n) is 11.1. The minimum Gasteiger partial charge on any atom is -0.478 e. The number of fused-ring (bicyclic) bond motifs is 1. The summed E-state index contributed by atoms with van der Waals surface area (Å²) in [6.45, 7) is 0.478. The number of carbonyl (C=O) groups is 1. The van der Waals surface area contributed by atoms with Crippen LogP contribution in [-0.2, 0) is 13.0 Å². The van der Waals surface area contributed by atoms with E-state index in [0.717, 1.165) is 5.56 Å². The third-order valence-corrected chi connectivity index (χ3v) is 3.40. The molecule has 0 saturated carbocycles. The monoisotopic (exact) mass is 283 g/mol. The number of aromatic amines is 1. The molecule has 2 heterocycles. The zero-order chi connectivity index (χ0) is 14.8. The van der Waals surface area contributed by atoms with Gasteiger partial charge in [0.25, 0.3) is 0 Å². The van der Waals surface area contributed by atoms with Crippen molar-refractivity contribution >= 4 is 17.0 Å². The fourth-order valence-corrected chi connectivity index (χ4v) is 2.30. The van der Waals surface area contributed by atoms with Crippen LogP contribution in [0.5, 0.6) is 0 Å². The van der Waals surface area contributed by atoms with E-state index < -0.39 is 5.97 Å². The zero-order valence-corrected chi connectivity index (χ0v) is 11.1. The lowest BCUT2D eigenvalue weighted by Crippen LogP contribution is -2.18. The summed E-state index contributed by atoms with van der Waals surface area (Å²) in [6.07, 6.45) is 4.08. The Morgan fingerprint density at radius 2 is 2.00 bits per heavy atom. The molecule has 1 aromatic carbocycles. The maximum absolute atomic E-state index is 12.0. The fourth-order valence-electron chi connectivity index (χ4n) is 2.30. The van der Waals surface area contributed by atoms with Gasteiger partial charge in [0.05, 0.1) is 16.6 Å².